The highest BCUT2D eigenvalue weighted by molar-refractivity contribution is 6.31. The summed E-state index contributed by atoms with van der Waals surface area (Å²) in [4.78, 5) is 26.7. The molecule has 160 valence electrons. The molecule has 0 aromatic heterocycles. The number of hydrogen-bond acceptors (Lipinski definition) is 4. The Labute approximate surface area is 184 Å². The summed E-state index contributed by atoms with van der Waals surface area (Å²) in [5, 5.41) is 2.45. The second kappa shape index (κ2) is 8.79. The molecule has 2 atom stereocenters. The number of carbonyl (C=O) groups is 2. The van der Waals surface area contributed by atoms with Gasteiger partial charge in [0.25, 0.3) is 0 Å². The third kappa shape index (κ3) is 4.10. The first-order chi connectivity index (χ1) is 13.9. The Morgan fingerprint density at radius 1 is 1.30 bits per heavy atom. The van der Waals surface area contributed by atoms with Crippen LogP contribution in [0.3, 0.4) is 0 Å². The first-order valence-corrected chi connectivity index (χ1v) is 9.84. The number of amides is 2. The van der Waals surface area contributed by atoms with Crippen LogP contribution in [-0.2, 0) is 21.6 Å². The normalized spacial score (nSPS) is 21.2. The van der Waals surface area contributed by atoms with Gasteiger partial charge in [-0.15, -0.1) is 12.4 Å². The molecule has 1 spiro atoms. The minimum absolute atomic E-state index is 0. The van der Waals surface area contributed by atoms with Crippen LogP contribution in [0.25, 0.3) is 0 Å². The van der Waals surface area contributed by atoms with E-state index in [2.05, 4.69) is 5.32 Å². The smallest absolute Gasteiger partial charge is 0.412 e. The van der Waals surface area contributed by atoms with Crippen LogP contribution in [0.5, 0.6) is 0 Å². The molecular formula is C21H22Cl2FN3O3. The Hall–Kier alpha value is -2.35. The lowest BCUT2D eigenvalue weighted by molar-refractivity contribution is -0.140. The summed E-state index contributed by atoms with van der Waals surface area (Å²) >= 11 is 5.98. The molecule has 0 bridgehead atoms. The lowest BCUT2D eigenvalue weighted by Crippen LogP contribution is -2.56. The van der Waals surface area contributed by atoms with Crippen molar-refractivity contribution in [3.05, 3.63) is 64.4 Å². The van der Waals surface area contributed by atoms with Crippen LogP contribution in [0.4, 0.5) is 14.9 Å². The molecule has 0 aliphatic carbocycles. The highest BCUT2D eigenvalue weighted by Gasteiger charge is 2.48. The Bertz CT molecular complexity index is 960. The van der Waals surface area contributed by atoms with Gasteiger partial charge in [0.15, 0.2) is 11.4 Å². The van der Waals surface area contributed by atoms with Crippen LogP contribution in [0.1, 0.15) is 24.0 Å². The minimum atomic E-state index is -1.28. The zero-order valence-electron chi connectivity index (χ0n) is 16.1. The van der Waals surface area contributed by atoms with Gasteiger partial charge < -0.3 is 15.4 Å². The SMILES string of the molecule is Cl.N[C@@H](Cc1ccccc1)C(=O)N1CCC[C@@]2(C1)OC(=O)Nc1ccc(Cl)c(F)c12. The number of rotatable bonds is 3. The third-order valence-electron chi connectivity index (χ3n) is 5.46. The van der Waals surface area contributed by atoms with Crippen molar-refractivity contribution in [1.82, 2.24) is 4.90 Å². The molecule has 30 heavy (non-hydrogen) atoms. The van der Waals surface area contributed by atoms with Crippen LogP contribution in [0.2, 0.25) is 5.02 Å². The van der Waals surface area contributed by atoms with Gasteiger partial charge in [-0.2, -0.15) is 0 Å². The molecular weight excluding hydrogens is 432 g/mol. The number of ether oxygens (including phenoxy) is 1. The number of halogens is 3. The zero-order valence-corrected chi connectivity index (χ0v) is 17.6. The molecule has 2 aliphatic rings. The number of benzene rings is 2. The standard InChI is InChI=1S/C21H21ClFN3O3.ClH/c22-14-7-8-16-17(18(14)23)21(29-20(28)25-16)9-4-10-26(12-21)19(27)15(24)11-13-5-2-1-3-6-13;/h1-3,5-8,15H,4,9-12,24H2,(H,25,28);1H/t15-,21-;/m0./s1. The first kappa shape index (κ1) is 22.3. The van der Waals surface area contributed by atoms with Gasteiger partial charge >= 0.3 is 6.09 Å². The Morgan fingerprint density at radius 3 is 2.77 bits per heavy atom. The van der Waals surface area contributed by atoms with Crippen molar-refractivity contribution in [3.8, 4) is 0 Å². The summed E-state index contributed by atoms with van der Waals surface area (Å²) in [6.07, 6.45) is 0.647. The van der Waals surface area contributed by atoms with Gasteiger partial charge in [0.05, 0.1) is 28.9 Å². The summed E-state index contributed by atoms with van der Waals surface area (Å²) in [5.41, 5.74) is 6.33. The fraction of sp³-hybridized carbons (Fsp3) is 0.333. The molecule has 1 saturated heterocycles. The number of nitrogens with two attached hydrogens (primary N) is 1. The topological polar surface area (TPSA) is 84.7 Å². The summed E-state index contributed by atoms with van der Waals surface area (Å²) in [7, 11) is 0. The van der Waals surface area contributed by atoms with E-state index in [9.17, 15) is 14.0 Å². The number of fused-ring (bicyclic) bond motifs is 2. The van der Waals surface area contributed by atoms with E-state index in [1.54, 1.807) is 11.0 Å². The number of nitrogens with one attached hydrogen (secondary N) is 1. The van der Waals surface area contributed by atoms with Crippen LogP contribution in [-0.4, -0.2) is 36.0 Å². The molecule has 2 heterocycles. The second-order valence-electron chi connectivity index (χ2n) is 7.45. The molecule has 3 N–H and O–H groups in total. The van der Waals surface area contributed by atoms with Crippen LogP contribution in [0.15, 0.2) is 42.5 Å². The van der Waals surface area contributed by atoms with Gasteiger partial charge in [0, 0.05) is 6.54 Å². The maximum Gasteiger partial charge on any atom is 0.412 e. The quantitative estimate of drug-likeness (QED) is 0.738. The molecule has 2 amide bonds. The molecule has 0 unspecified atom stereocenters. The van der Waals surface area contributed by atoms with Crippen molar-refractivity contribution in [1.29, 1.82) is 0 Å². The average Bonchev–Trinajstić information content (AvgIpc) is 2.70. The molecule has 2 aromatic rings. The largest absolute Gasteiger partial charge is 0.436 e. The maximum atomic E-state index is 14.9. The second-order valence-corrected chi connectivity index (χ2v) is 7.86. The molecule has 9 heteroatoms. The molecule has 6 nitrogen and oxygen atoms in total. The van der Waals surface area contributed by atoms with E-state index in [1.165, 1.54) is 6.07 Å². The molecule has 1 fully saturated rings. The van der Waals surface area contributed by atoms with Gasteiger partial charge in [-0.1, -0.05) is 41.9 Å². The highest BCUT2D eigenvalue weighted by Crippen LogP contribution is 2.45. The lowest BCUT2D eigenvalue weighted by Gasteiger charge is -2.45. The van der Waals surface area contributed by atoms with Crippen molar-refractivity contribution >= 4 is 41.7 Å². The zero-order chi connectivity index (χ0) is 20.6. The number of hydrogen-bond donors (Lipinski definition) is 2. The van der Waals surface area contributed by atoms with Gasteiger partial charge in [-0.25, -0.2) is 9.18 Å². The Kier molecular flexibility index (Phi) is 6.55. The monoisotopic (exact) mass is 453 g/mol. The molecule has 0 saturated carbocycles. The van der Waals surface area contributed by atoms with Crippen LogP contribution in [0, 0.1) is 5.82 Å². The predicted octanol–water partition coefficient (Wildman–Crippen LogP) is 3.85. The number of likely N-dealkylation sites (tertiary alicyclic amines) is 1. The fourth-order valence-electron chi connectivity index (χ4n) is 4.15. The number of carbonyl (C=O) groups excluding carboxylic acids is 2. The van der Waals surface area contributed by atoms with E-state index in [-0.39, 0.29) is 35.4 Å². The molecule has 2 aromatic carbocycles. The molecule has 2 aliphatic heterocycles. The third-order valence-corrected chi connectivity index (χ3v) is 5.75. The van der Waals surface area contributed by atoms with Gasteiger partial charge in [0.1, 0.15) is 0 Å². The first-order valence-electron chi connectivity index (χ1n) is 9.46. The molecule has 4 rings (SSSR count). The van der Waals surface area contributed by atoms with Gasteiger partial charge in [0.2, 0.25) is 5.91 Å². The summed E-state index contributed by atoms with van der Waals surface area (Å²) in [6, 6.07) is 11.7. The van der Waals surface area contributed by atoms with Crippen molar-refractivity contribution in [2.24, 2.45) is 5.73 Å². The van der Waals surface area contributed by atoms with E-state index in [1.807, 2.05) is 30.3 Å². The van der Waals surface area contributed by atoms with Crippen molar-refractivity contribution in [3.63, 3.8) is 0 Å². The van der Waals surface area contributed by atoms with Crippen molar-refractivity contribution in [2.75, 3.05) is 18.4 Å². The highest BCUT2D eigenvalue weighted by atomic mass is 35.5. The van der Waals surface area contributed by atoms with E-state index < -0.39 is 23.6 Å². The van der Waals surface area contributed by atoms with Gasteiger partial charge in [-0.05, 0) is 37.0 Å². The number of piperidine rings is 1. The maximum absolute atomic E-state index is 14.9. The number of nitrogens with zero attached hydrogens (tertiary/aromatic N) is 1. The lowest BCUT2D eigenvalue weighted by atomic mass is 9.82. The molecule has 0 radical (unpaired) electrons. The van der Waals surface area contributed by atoms with E-state index in [0.717, 1.165) is 5.56 Å². The van der Waals surface area contributed by atoms with Crippen molar-refractivity contribution in [2.45, 2.75) is 30.9 Å². The number of anilines is 1. The summed E-state index contributed by atoms with van der Waals surface area (Å²) in [5.74, 6) is -0.904. The van der Waals surface area contributed by atoms with Crippen LogP contribution < -0.4 is 11.1 Å². The fourth-order valence-corrected chi connectivity index (χ4v) is 4.31. The van der Waals surface area contributed by atoms with Gasteiger partial charge in [-0.3, -0.25) is 10.1 Å². The summed E-state index contributed by atoms with van der Waals surface area (Å²) < 4.78 is 20.5. The van der Waals surface area contributed by atoms with Crippen molar-refractivity contribution < 1.29 is 18.7 Å². The minimum Gasteiger partial charge on any atom is -0.436 e. The Morgan fingerprint density at radius 2 is 2.03 bits per heavy atom. The van der Waals surface area contributed by atoms with E-state index in [4.69, 9.17) is 22.1 Å². The van der Waals surface area contributed by atoms with E-state index >= 15 is 0 Å². The summed E-state index contributed by atoms with van der Waals surface area (Å²) in [6.45, 7) is 0.498. The average molecular weight is 454 g/mol. The predicted molar refractivity (Wildman–Crippen MR) is 114 cm³/mol. The van der Waals surface area contributed by atoms with Crippen LogP contribution >= 0.6 is 24.0 Å². The Balaban J connectivity index is 0.00000256. The van der Waals surface area contributed by atoms with E-state index in [0.29, 0.717) is 31.5 Å².